The number of pyridine rings is 1. The van der Waals surface area contributed by atoms with Gasteiger partial charge in [0.1, 0.15) is 0 Å². The molecule has 0 radical (unpaired) electrons. The number of carbonyl (C=O) groups excluding carboxylic acids is 1. The molecule has 15 heavy (non-hydrogen) atoms. The Bertz CT molecular complexity index is 364. The lowest BCUT2D eigenvalue weighted by atomic mass is 10.2. The van der Waals surface area contributed by atoms with E-state index in [2.05, 4.69) is 10.3 Å². The normalized spacial score (nSPS) is 9.80. The standard InChI is InChI=1S/C10H16N4O/c1-7-4-5-13-10(9(7)11)14(3)6-8(15)12-2/h4-5H,6,11H2,1-3H3,(H,12,15). The minimum Gasteiger partial charge on any atom is -0.396 e. The molecule has 3 N–H and O–H groups in total. The predicted molar refractivity (Wildman–Crippen MR) is 60.7 cm³/mol. The highest BCUT2D eigenvalue weighted by atomic mass is 16.1. The predicted octanol–water partition coefficient (Wildman–Crippen LogP) is 0.154. The van der Waals surface area contributed by atoms with Crippen molar-refractivity contribution in [3.05, 3.63) is 17.8 Å². The molecular formula is C10H16N4O. The van der Waals surface area contributed by atoms with Crippen LogP contribution in [0.3, 0.4) is 0 Å². The van der Waals surface area contributed by atoms with E-state index in [9.17, 15) is 4.79 Å². The highest BCUT2D eigenvalue weighted by molar-refractivity contribution is 5.82. The molecule has 0 fully saturated rings. The van der Waals surface area contributed by atoms with Gasteiger partial charge in [-0.1, -0.05) is 0 Å². The Hall–Kier alpha value is -1.78. The Morgan fingerprint density at radius 3 is 2.93 bits per heavy atom. The van der Waals surface area contributed by atoms with Crippen LogP contribution in [0, 0.1) is 6.92 Å². The van der Waals surface area contributed by atoms with Crippen LogP contribution in [0.15, 0.2) is 12.3 Å². The number of hydrogen-bond acceptors (Lipinski definition) is 4. The van der Waals surface area contributed by atoms with Crippen molar-refractivity contribution in [1.29, 1.82) is 0 Å². The van der Waals surface area contributed by atoms with Gasteiger partial charge in [-0.25, -0.2) is 4.98 Å². The van der Waals surface area contributed by atoms with E-state index in [1.807, 2.05) is 13.0 Å². The molecule has 0 saturated heterocycles. The summed E-state index contributed by atoms with van der Waals surface area (Å²) < 4.78 is 0. The molecule has 0 bridgehead atoms. The molecule has 82 valence electrons. The summed E-state index contributed by atoms with van der Waals surface area (Å²) in [5.41, 5.74) is 7.44. The summed E-state index contributed by atoms with van der Waals surface area (Å²) in [6.45, 7) is 2.16. The van der Waals surface area contributed by atoms with Crippen molar-refractivity contribution in [1.82, 2.24) is 10.3 Å². The molecule has 0 aliphatic rings. The zero-order valence-electron chi connectivity index (χ0n) is 9.24. The molecule has 0 aliphatic heterocycles. The number of hydrogen-bond donors (Lipinski definition) is 2. The Kier molecular flexibility index (Phi) is 3.49. The van der Waals surface area contributed by atoms with Crippen molar-refractivity contribution in [2.24, 2.45) is 0 Å². The van der Waals surface area contributed by atoms with Gasteiger partial charge in [0.05, 0.1) is 12.2 Å². The van der Waals surface area contributed by atoms with Gasteiger partial charge in [-0.2, -0.15) is 0 Å². The van der Waals surface area contributed by atoms with E-state index in [1.165, 1.54) is 0 Å². The Balaban J connectivity index is 2.86. The first-order chi connectivity index (χ1) is 7.06. The number of likely N-dealkylation sites (N-methyl/N-ethyl adjacent to an activating group) is 2. The summed E-state index contributed by atoms with van der Waals surface area (Å²) in [4.78, 5) is 17.0. The average Bonchev–Trinajstić information content (AvgIpc) is 2.21. The van der Waals surface area contributed by atoms with E-state index in [0.29, 0.717) is 11.5 Å². The van der Waals surface area contributed by atoms with E-state index in [0.717, 1.165) is 5.56 Å². The summed E-state index contributed by atoms with van der Waals surface area (Å²) in [6.07, 6.45) is 1.68. The quantitative estimate of drug-likeness (QED) is 0.742. The van der Waals surface area contributed by atoms with Crippen molar-refractivity contribution in [2.45, 2.75) is 6.92 Å². The van der Waals surface area contributed by atoms with Crippen LogP contribution in [0.5, 0.6) is 0 Å². The second-order valence-corrected chi connectivity index (χ2v) is 3.39. The molecule has 0 unspecified atom stereocenters. The van der Waals surface area contributed by atoms with E-state index in [-0.39, 0.29) is 12.5 Å². The summed E-state index contributed by atoms with van der Waals surface area (Å²) in [7, 11) is 3.39. The molecule has 0 atom stereocenters. The lowest BCUT2D eigenvalue weighted by molar-refractivity contribution is -0.119. The van der Waals surface area contributed by atoms with E-state index < -0.39 is 0 Å². The molecule has 0 spiro atoms. The topological polar surface area (TPSA) is 71.2 Å². The maximum absolute atomic E-state index is 11.2. The number of rotatable bonds is 3. The first kappa shape index (κ1) is 11.3. The summed E-state index contributed by atoms with van der Waals surface area (Å²) in [5, 5.41) is 2.55. The van der Waals surface area contributed by atoms with Gasteiger partial charge in [0.2, 0.25) is 5.91 Å². The van der Waals surface area contributed by atoms with Gasteiger partial charge in [-0.3, -0.25) is 4.79 Å². The van der Waals surface area contributed by atoms with Crippen molar-refractivity contribution >= 4 is 17.4 Å². The SMILES string of the molecule is CNC(=O)CN(C)c1nccc(C)c1N. The molecule has 1 amide bonds. The van der Waals surface area contributed by atoms with E-state index >= 15 is 0 Å². The van der Waals surface area contributed by atoms with Crippen LogP contribution in [0.4, 0.5) is 11.5 Å². The van der Waals surface area contributed by atoms with Gasteiger partial charge in [0, 0.05) is 20.3 Å². The largest absolute Gasteiger partial charge is 0.396 e. The van der Waals surface area contributed by atoms with Crippen molar-refractivity contribution in [3.63, 3.8) is 0 Å². The molecular weight excluding hydrogens is 192 g/mol. The Morgan fingerprint density at radius 1 is 1.67 bits per heavy atom. The first-order valence-electron chi connectivity index (χ1n) is 4.69. The third-order valence-corrected chi connectivity index (χ3v) is 2.21. The third kappa shape index (κ3) is 2.59. The zero-order valence-corrected chi connectivity index (χ0v) is 9.24. The Morgan fingerprint density at radius 2 is 2.33 bits per heavy atom. The van der Waals surface area contributed by atoms with Gasteiger partial charge in [0.15, 0.2) is 5.82 Å². The van der Waals surface area contributed by atoms with Crippen molar-refractivity contribution in [2.75, 3.05) is 31.3 Å². The van der Waals surface area contributed by atoms with Crippen LogP contribution < -0.4 is 16.0 Å². The second kappa shape index (κ2) is 4.63. The molecule has 0 saturated carbocycles. The maximum atomic E-state index is 11.2. The molecule has 1 aromatic rings. The van der Waals surface area contributed by atoms with Gasteiger partial charge in [0.25, 0.3) is 0 Å². The average molecular weight is 208 g/mol. The van der Waals surface area contributed by atoms with Gasteiger partial charge in [-0.15, -0.1) is 0 Å². The summed E-state index contributed by atoms with van der Waals surface area (Å²) >= 11 is 0. The fraction of sp³-hybridized carbons (Fsp3) is 0.400. The van der Waals surface area contributed by atoms with Crippen LogP contribution in [0.2, 0.25) is 0 Å². The van der Waals surface area contributed by atoms with Crippen LogP contribution >= 0.6 is 0 Å². The number of nitrogen functional groups attached to an aromatic ring is 1. The zero-order chi connectivity index (χ0) is 11.4. The summed E-state index contributed by atoms with van der Waals surface area (Å²) in [6, 6.07) is 1.84. The van der Waals surface area contributed by atoms with E-state index in [4.69, 9.17) is 5.73 Å². The molecule has 1 heterocycles. The second-order valence-electron chi connectivity index (χ2n) is 3.39. The van der Waals surface area contributed by atoms with Gasteiger partial charge < -0.3 is 16.0 Å². The lowest BCUT2D eigenvalue weighted by Gasteiger charge is -2.19. The minimum atomic E-state index is -0.0693. The monoisotopic (exact) mass is 208 g/mol. The number of amides is 1. The number of aryl methyl sites for hydroxylation is 1. The highest BCUT2D eigenvalue weighted by Gasteiger charge is 2.10. The first-order valence-corrected chi connectivity index (χ1v) is 4.69. The van der Waals surface area contributed by atoms with Crippen LogP contribution in [0.25, 0.3) is 0 Å². The van der Waals surface area contributed by atoms with Gasteiger partial charge in [-0.05, 0) is 18.6 Å². The summed E-state index contributed by atoms with van der Waals surface area (Å²) in [5.74, 6) is 0.568. The number of carbonyl (C=O) groups is 1. The number of nitrogens with zero attached hydrogens (tertiary/aromatic N) is 2. The van der Waals surface area contributed by atoms with Crippen molar-refractivity contribution < 1.29 is 4.79 Å². The van der Waals surface area contributed by atoms with Crippen LogP contribution in [-0.4, -0.2) is 31.5 Å². The third-order valence-electron chi connectivity index (χ3n) is 2.21. The number of nitrogens with one attached hydrogen (secondary N) is 1. The fourth-order valence-corrected chi connectivity index (χ4v) is 1.23. The molecule has 1 rings (SSSR count). The molecule has 0 aliphatic carbocycles. The molecule has 1 aromatic heterocycles. The van der Waals surface area contributed by atoms with Crippen LogP contribution in [-0.2, 0) is 4.79 Å². The smallest absolute Gasteiger partial charge is 0.239 e. The number of anilines is 2. The van der Waals surface area contributed by atoms with E-state index in [1.54, 1.807) is 25.2 Å². The Labute approximate surface area is 89.3 Å². The molecule has 5 heteroatoms. The fourth-order valence-electron chi connectivity index (χ4n) is 1.23. The molecule has 5 nitrogen and oxygen atoms in total. The molecule has 0 aromatic carbocycles. The number of aromatic nitrogens is 1. The lowest BCUT2D eigenvalue weighted by Crippen LogP contribution is -2.33. The van der Waals surface area contributed by atoms with Gasteiger partial charge >= 0.3 is 0 Å². The maximum Gasteiger partial charge on any atom is 0.239 e. The van der Waals surface area contributed by atoms with Crippen molar-refractivity contribution in [3.8, 4) is 0 Å². The highest BCUT2D eigenvalue weighted by Crippen LogP contribution is 2.21. The minimum absolute atomic E-state index is 0.0693. The number of nitrogens with two attached hydrogens (primary N) is 1. The van der Waals surface area contributed by atoms with Crippen LogP contribution in [0.1, 0.15) is 5.56 Å².